The molecule has 0 radical (unpaired) electrons. The van der Waals surface area contributed by atoms with Crippen molar-refractivity contribution >= 4 is 5.69 Å². The van der Waals surface area contributed by atoms with Crippen molar-refractivity contribution in [1.29, 1.82) is 0 Å². The Hall–Kier alpha value is -1.22. The molecule has 0 spiro atoms. The second kappa shape index (κ2) is 5.19. The molecule has 1 aromatic carbocycles. The van der Waals surface area contributed by atoms with Crippen LogP contribution in [0.4, 0.5) is 5.69 Å². The zero-order valence-electron chi connectivity index (χ0n) is 11.6. The molecule has 0 saturated carbocycles. The van der Waals surface area contributed by atoms with E-state index < -0.39 is 0 Å². The zero-order valence-corrected chi connectivity index (χ0v) is 11.6. The molecule has 0 amide bonds. The summed E-state index contributed by atoms with van der Waals surface area (Å²) in [5.74, 6) is 1.81. The molecule has 0 aliphatic carbocycles. The third-order valence-corrected chi connectivity index (χ3v) is 4.20. The van der Waals surface area contributed by atoms with Crippen molar-refractivity contribution in [3.05, 3.63) is 23.8 Å². The van der Waals surface area contributed by atoms with E-state index in [1.54, 1.807) is 0 Å². The molecule has 3 nitrogen and oxygen atoms in total. The summed E-state index contributed by atoms with van der Waals surface area (Å²) in [6.45, 7) is 8.64. The van der Waals surface area contributed by atoms with Gasteiger partial charge in [-0.05, 0) is 31.2 Å². The number of hydrogen-bond acceptors (Lipinski definition) is 3. The van der Waals surface area contributed by atoms with Gasteiger partial charge >= 0.3 is 0 Å². The highest BCUT2D eigenvalue weighted by atomic mass is 16.3. The molecular formula is C15H24N2O. The summed E-state index contributed by atoms with van der Waals surface area (Å²) < 4.78 is 0. The lowest BCUT2D eigenvalue weighted by molar-refractivity contribution is 0.323. The first-order valence-electron chi connectivity index (χ1n) is 6.82. The Bertz CT molecular complexity index is 417. The van der Waals surface area contributed by atoms with Crippen LogP contribution in [0.3, 0.4) is 0 Å². The van der Waals surface area contributed by atoms with Crippen molar-refractivity contribution in [3.8, 4) is 5.75 Å². The van der Waals surface area contributed by atoms with Gasteiger partial charge in [-0.25, -0.2) is 0 Å². The number of nitrogens with two attached hydrogens (primary N) is 1. The van der Waals surface area contributed by atoms with E-state index in [1.165, 1.54) is 6.42 Å². The zero-order chi connectivity index (χ0) is 13.3. The third kappa shape index (κ3) is 2.61. The highest BCUT2D eigenvalue weighted by Crippen LogP contribution is 2.31. The second-order valence-electron chi connectivity index (χ2n) is 5.72. The van der Waals surface area contributed by atoms with Crippen LogP contribution >= 0.6 is 0 Å². The molecule has 18 heavy (non-hydrogen) atoms. The fourth-order valence-corrected chi connectivity index (χ4v) is 2.61. The molecule has 0 bridgehead atoms. The van der Waals surface area contributed by atoms with Gasteiger partial charge in [0.15, 0.2) is 0 Å². The van der Waals surface area contributed by atoms with Crippen LogP contribution in [0.5, 0.6) is 5.75 Å². The van der Waals surface area contributed by atoms with Gasteiger partial charge in [0.25, 0.3) is 0 Å². The molecule has 3 atom stereocenters. The van der Waals surface area contributed by atoms with Crippen molar-refractivity contribution in [1.82, 2.24) is 0 Å². The van der Waals surface area contributed by atoms with Gasteiger partial charge in [0.05, 0.1) is 0 Å². The maximum absolute atomic E-state index is 10.0. The molecule has 2 rings (SSSR count). The van der Waals surface area contributed by atoms with Crippen molar-refractivity contribution in [2.45, 2.75) is 33.2 Å². The predicted molar refractivity (Wildman–Crippen MR) is 75.9 cm³/mol. The number of phenolic OH excluding ortho intramolecular Hbond substituents is 1. The fraction of sp³-hybridized carbons (Fsp3) is 0.600. The number of aromatic hydroxyl groups is 1. The van der Waals surface area contributed by atoms with E-state index >= 15 is 0 Å². The van der Waals surface area contributed by atoms with Crippen LogP contribution in [0, 0.1) is 11.8 Å². The Kier molecular flexibility index (Phi) is 3.81. The summed E-state index contributed by atoms with van der Waals surface area (Å²) in [5.41, 5.74) is 7.73. The lowest BCUT2D eigenvalue weighted by atomic mass is 9.88. The number of hydrogen-bond donors (Lipinski definition) is 2. The molecule has 1 fully saturated rings. The molecular weight excluding hydrogens is 224 g/mol. The highest BCUT2D eigenvalue weighted by molar-refractivity contribution is 5.54. The molecule has 1 saturated heterocycles. The smallest absolute Gasteiger partial charge is 0.122 e. The quantitative estimate of drug-likeness (QED) is 0.846. The molecule has 3 N–H and O–H groups in total. The summed E-state index contributed by atoms with van der Waals surface area (Å²) in [6, 6.07) is 5.74. The van der Waals surface area contributed by atoms with Gasteiger partial charge in [-0.3, -0.25) is 0 Å². The minimum atomic E-state index is -0.126. The lowest BCUT2D eigenvalue weighted by Crippen LogP contribution is -2.38. The van der Waals surface area contributed by atoms with Gasteiger partial charge in [0.1, 0.15) is 5.75 Å². The van der Waals surface area contributed by atoms with E-state index in [1.807, 2.05) is 19.1 Å². The minimum absolute atomic E-state index is 0.126. The van der Waals surface area contributed by atoms with E-state index in [4.69, 9.17) is 5.73 Å². The molecule has 3 heteroatoms. The number of phenols is 1. The number of rotatable bonds is 2. The van der Waals surface area contributed by atoms with Gasteiger partial charge < -0.3 is 15.7 Å². The van der Waals surface area contributed by atoms with Gasteiger partial charge in [-0.1, -0.05) is 19.9 Å². The molecule has 100 valence electrons. The maximum Gasteiger partial charge on any atom is 0.122 e. The van der Waals surface area contributed by atoms with E-state index in [0.29, 0.717) is 11.7 Å². The first-order chi connectivity index (χ1) is 8.49. The van der Waals surface area contributed by atoms with Crippen LogP contribution in [-0.4, -0.2) is 18.2 Å². The number of benzene rings is 1. The SMILES string of the molecule is CC(N)c1ccc(N2CCC(C)C(C)C2)cc1O. The topological polar surface area (TPSA) is 49.5 Å². The number of piperidine rings is 1. The van der Waals surface area contributed by atoms with Crippen molar-refractivity contribution in [3.63, 3.8) is 0 Å². The Morgan fingerprint density at radius 2 is 2.06 bits per heavy atom. The number of nitrogens with zero attached hydrogens (tertiary/aromatic N) is 1. The average Bonchev–Trinajstić information content (AvgIpc) is 2.32. The minimum Gasteiger partial charge on any atom is -0.508 e. The van der Waals surface area contributed by atoms with Crippen LogP contribution in [0.1, 0.15) is 38.8 Å². The van der Waals surface area contributed by atoms with Crippen LogP contribution < -0.4 is 10.6 Å². The summed E-state index contributed by atoms with van der Waals surface area (Å²) >= 11 is 0. The molecule has 1 aromatic rings. The molecule has 1 heterocycles. The van der Waals surface area contributed by atoms with Crippen LogP contribution in [0.2, 0.25) is 0 Å². The third-order valence-electron chi connectivity index (χ3n) is 4.20. The van der Waals surface area contributed by atoms with Crippen LogP contribution in [-0.2, 0) is 0 Å². The van der Waals surface area contributed by atoms with Crippen molar-refractivity contribution < 1.29 is 5.11 Å². The standard InChI is InChI=1S/C15H24N2O/c1-10-6-7-17(9-11(10)2)13-4-5-14(12(3)16)15(18)8-13/h4-5,8,10-12,18H,6-7,9,16H2,1-3H3. The molecule has 0 aromatic heterocycles. The van der Waals surface area contributed by atoms with Gasteiger partial charge in [0.2, 0.25) is 0 Å². The summed E-state index contributed by atoms with van der Waals surface area (Å²) in [4.78, 5) is 2.36. The Labute approximate surface area is 110 Å². The molecule has 3 unspecified atom stereocenters. The fourth-order valence-electron chi connectivity index (χ4n) is 2.61. The monoisotopic (exact) mass is 248 g/mol. The first-order valence-corrected chi connectivity index (χ1v) is 6.82. The van der Waals surface area contributed by atoms with Crippen molar-refractivity contribution in [2.75, 3.05) is 18.0 Å². The Morgan fingerprint density at radius 1 is 1.33 bits per heavy atom. The molecule has 1 aliphatic rings. The summed E-state index contributed by atoms with van der Waals surface area (Å²) in [7, 11) is 0. The predicted octanol–water partition coefficient (Wildman–Crippen LogP) is 2.89. The van der Waals surface area contributed by atoms with E-state index in [-0.39, 0.29) is 6.04 Å². The number of anilines is 1. The van der Waals surface area contributed by atoms with Crippen LogP contribution in [0.25, 0.3) is 0 Å². The van der Waals surface area contributed by atoms with Gasteiger partial charge in [-0.15, -0.1) is 0 Å². The van der Waals surface area contributed by atoms with Gasteiger partial charge in [0, 0.05) is 36.4 Å². The molecule has 1 aliphatic heterocycles. The van der Waals surface area contributed by atoms with E-state index in [9.17, 15) is 5.11 Å². The summed E-state index contributed by atoms with van der Waals surface area (Å²) in [6.07, 6.45) is 1.22. The average molecular weight is 248 g/mol. The van der Waals surface area contributed by atoms with E-state index in [0.717, 1.165) is 30.3 Å². The Balaban J connectivity index is 2.17. The van der Waals surface area contributed by atoms with Gasteiger partial charge in [-0.2, -0.15) is 0 Å². The first kappa shape index (κ1) is 13.2. The van der Waals surface area contributed by atoms with E-state index in [2.05, 4.69) is 24.8 Å². The highest BCUT2D eigenvalue weighted by Gasteiger charge is 2.23. The van der Waals surface area contributed by atoms with Crippen molar-refractivity contribution in [2.24, 2.45) is 17.6 Å². The normalized spacial score (nSPS) is 26.1. The lowest BCUT2D eigenvalue weighted by Gasteiger charge is -2.37. The largest absolute Gasteiger partial charge is 0.508 e. The Morgan fingerprint density at radius 3 is 2.61 bits per heavy atom. The van der Waals surface area contributed by atoms with Crippen LogP contribution in [0.15, 0.2) is 18.2 Å². The summed E-state index contributed by atoms with van der Waals surface area (Å²) in [5, 5.41) is 10.0. The maximum atomic E-state index is 10.0. The second-order valence-corrected chi connectivity index (χ2v) is 5.72.